The Balaban J connectivity index is 1.62. The maximum Gasteiger partial charge on any atom is 0.924 e. The average molecular weight is 378 g/mol. The molecule has 2 aliphatic rings. The van der Waals surface area contributed by atoms with Crippen molar-refractivity contribution in [2.75, 3.05) is 19.8 Å². The van der Waals surface area contributed by atoms with Crippen molar-refractivity contribution in [2.45, 2.75) is 20.8 Å². The molecule has 2 aliphatic heterocycles. The Hall–Kier alpha value is 1.99. The minimum absolute atomic E-state index is 0.453. The third-order valence-electron chi connectivity index (χ3n) is 1.74. The maximum atomic E-state index is 5.50. The summed E-state index contributed by atoms with van der Waals surface area (Å²) in [6, 6.07) is 0. The van der Waals surface area contributed by atoms with Crippen LogP contribution in [0.4, 0.5) is 0 Å². The molecule has 0 aromatic carbocycles. The van der Waals surface area contributed by atoms with Crippen molar-refractivity contribution in [1.82, 2.24) is 0 Å². The van der Waals surface area contributed by atoms with Crippen molar-refractivity contribution >= 4 is 56.1 Å². The molecule has 0 saturated carbocycles. The van der Waals surface area contributed by atoms with Gasteiger partial charge >= 0.3 is 30.3 Å². The molecular weight excluding hydrogens is 363 g/mol. The summed E-state index contributed by atoms with van der Waals surface area (Å²) in [5, 5.41) is 0. The molecule has 20 heavy (non-hydrogen) atoms. The Morgan fingerprint density at radius 3 is 1.60 bits per heavy atom. The Morgan fingerprint density at radius 1 is 0.800 bits per heavy atom. The topological polar surface area (TPSA) is 83.1 Å². The summed E-state index contributed by atoms with van der Waals surface area (Å²) in [6.45, 7) is 7.12. The van der Waals surface area contributed by atoms with E-state index < -0.39 is 56.1 Å². The maximum absolute atomic E-state index is 5.50. The van der Waals surface area contributed by atoms with Gasteiger partial charge in [-0.2, -0.15) is 0 Å². The van der Waals surface area contributed by atoms with Crippen molar-refractivity contribution in [3.8, 4) is 0 Å². The molecule has 0 aromatic heterocycles. The lowest BCUT2D eigenvalue weighted by atomic mass is 10.9. The van der Waals surface area contributed by atoms with Gasteiger partial charge in [0.2, 0.25) is 0 Å². The molecule has 0 amide bonds. The first-order valence-corrected chi connectivity index (χ1v) is 12.2. The van der Waals surface area contributed by atoms with Gasteiger partial charge in [0.1, 0.15) is 0 Å². The molecule has 0 spiro atoms. The minimum Gasteiger partial charge on any atom is -0.390 e. The van der Waals surface area contributed by atoms with E-state index in [-0.39, 0.29) is 0 Å². The van der Waals surface area contributed by atoms with Crippen LogP contribution in [0.2, 0.25) is 0 Å². The molecule has 2 fully saturated rings. The SMILES string of the molecule is CCOP1[O][Al]([O]P(OCC)[O][Al]2[O]P(OCC)[O]2)[O]1. The lowest BCUT2D eigenvalue weighted by Gasteiger charge is -2.33. The Labute approximate surface area is 131 Å². The van der Waals surface area contributed by atoms with Gasteiger partial charge in [-0.05, 0) is 20.8 Å². The van der Waals surface area contributed by atoms with Gasteiger partial charge in [-0.3, -0.25) is 0 Å². The standard InChI is InChI=1S/3C2H5O3P.2Al/c3*1-2-5-6(3)4;;/h3*2H2,1H3;;/q3*-2;2*+3. The van der Waals surface area contributed by atoms with Crippen LogP contribution in [0.3, 0.4) is 0 Å². The van der Waals surface area contributed by atoms with Gasteiger partial charge < -0.3 is 35.0 Å². The second-order valence-electron chi connectivity index (χ2n) is 3.13. The second-order valence-corrected chi connectivity index (χ2v) is 11.5. The molecule has 2 heterocycles. The highest BCUT2D eigenvalue weighted by Gasteiger charge is 2.55. The fourth-order valence-electron chi connectivity index (χ4n) is 1.04. The van der Waals surface area contributed by atoms with E-state index in [1.54, 1.807) is 0 Å². The molecule has 0 bridgehead atoms. The largest absolute Gasteiger partial charge is 0.924 e. The van der Waals surface area contributed by atoms with E-state index in [2.05, 4.69) is 0 Å². The van der Waals surface area contributed by atoms with E-state index in [0.29, 0.717) is 19.8 Å². The molecule has 0 aromatic rings. The second kappa shape index (κ2) is 9.98. The lowest BCUT2D eigenvalue weighted by molar-refractivity contribution is 0.136. The van der Waals surface area contributed by atoms with Crippen LogP contribution in [0.15, 0.2) is 0 Å². The summed E-state index contributed by atoms with van der Waals surface area (Å²) in [5.41, 5.74) is 0. The molecule has 0 aliphatic carbocycles. The monoisotopic (exact) mass is 378 g/mol. The van der Waals surface area contributed by atoms with Crippen LogP contribution in [-0.4, -0.2) is 50.1 Å². The van der Waals surface area contributed by atoms with Crippen molar-refractivity contribution in [1.29, 1.82) is 0 Å². The van der Waals surface area contributed by atoms with Crippen LogP contribution in [0.5, 0.6) is 0 Å². The lowest BCUT2D eigenvalue weighted by Crippen LogP contribution is -2.35. The third-order valence-corrected chi connectivity index (χ3v) is 11.4. The fourth-order valence-corrected chi connectivity index (χ4v) is 9.28. The molecular formula is C6H15Al2O9P3. The first kappa shape index (κ1) is 18.3. The van der Waals surface area contributed by atoms with Crippen LogP contribution in [0, 0.1) is 0 Å². The van der Waals surface area contributed by atoms with E-state index in [1.807, 2.05) is 20.8 Å². The van der Waals surface area contributed by atoms with Gasteiger partial charge in [0.05, 0.1) is 19.8 Å². The van der Waals surface area contributed by atoms with Crippen LogP contribution < -0.4 is 0 Å². The molecule has 0 unspecified atom stereocenters. The predicted molar refractivity (Wildman–Crippen MR) is 73.7 cm³/mol. The number of rotatable bonds is 10. The van der Waals surface area contributed by atoms with Gasteiger partial charge in [-0.25, -0.2) is 0 Å². The summed E-state index contributed by atoms with van der Waals surface area (Å²) < 4.78 is 48.1. The minimum atomic E-state index is -2.19. The number of hydrogen-bond acceptors (Lipinski definition) is 9. The van der Waals surface area contributed by atoms with Crippen LogP contribution in [-0.2, 0) is 35.0 Å². The Kier molecular flexibility index (Phi) is 9.15. The summed E-state index contributed by atoms with van der Waals surface area (Å²) >= 11 is -4.37. The van der Waals surface area contributed by atoms with Gasteiger partial charge in [0.15, 0.2) is 0 Å². The zero-order valence-corrected chi connectivity index (χ0v) is 16.3. The highest BCUT2D eigenvalue weighted by Crippen LogP contribution is 2.57. The highest BCUT2D eigenvalue weighted by atomic mass is 31.2. The molecule has 2 saturated heterocycles. The molecule has 9 nitrogen and oxygen atoms in total. The summed E-state index contributed by atoms with van der Waals surface area (Å²) in [4.78, 5) is 0. The predicted octanol–water partition coefficient (Wildman–Crippen LogP) is 2.87. The zero-order valence-electron chi connectivity index (χ0n) is 11.3. The first-order chi connectivity index (χ1) is 9.75. The molecule has 0 radical (unpaired) electrons. The van der Waals surface area contributed by atoms with Crippen LogP contribution in [0.1, 0.15) is 20.8 Å². The van der Waals surface area contributed by atoms with Crippen molar-refractivity contribution in [3.05, 3.63) is 0 Å². The van der Waals surface area contributed by atoms with Crippen LogP contribution >= 0.6 is 25.8 Å². The molecule has 14 heteroatoms. The first-order valence-electron chi connectivity index (χ1n) is 6.04. The normalized spacial score (nSPS) is 20.4. The van der Waals surface area contributed by atoms with Crippen molar-refractivity contribution < 1.29 is 35.0 Å². The quantitative estimate of drug-likeness (QED) is 0.421. The Bertz CT molecular complexity index is 256. The van der Waals surface area contributed by atoms with E-state index in [1.165, 1.54) is 0 Å². The van der Waals surface area contributed by atoms with Gasteiger partial charge in [0, 0.05) is 0 Å². The van der Waals surface area contributed by atoms with E-state index in [9.17, 15) is 0 Å². The number of hydrogen-bond donors (Lipinski definition) is 0. The van der Waals surface area contributed by atoms with E-state index >= 15 is 0 Å². The summed E-state index contributed by atoms with van der Waals surface area (Å²) in [5.74, 6) is 0. The third kappa shape index (κ3) is 5.89. The fraction of sp³-hybridized carbons (Fsp3) is 1.00. The van der Waals surface area contributed by atoms with Crippen molar-refractivity contribution in [3.63, 3.8) is 0 Å². The highest BCUT2D eigenvalue weighted by molar-refractivity contribution is 7.51. The average Bonchev–Trinajstić information content (AvgIpc) is 2.34. The van der Waals surface area contributed by atoms with E-state index in [0.717, 1.165) is 0 Å². The van der Waals surface area contributed by atoms with Crippen molar-refractivity contribution in [2.24, 2.45) is 0 Å². The van der Waals surface area contributed by atoms with Gasteiger partial charge in [-0.1, -0.05) is 0 Å². The zero-order chi connectivity index (χ0) is 14.4. The van der Waals surface area contributed by atoms with E-state index in [4.69, 9.17) is 35.0 Å². The van der Waals surface area contributed by atoms with Crippen LogP contribution in [0.25, 0.3) is 0 Å². The summed E-state index contributed by atoms with van der Waals surface area (Å²) in [7, 11) is -4.03. The molecule has 0 N–H and O–H groups in total. The van der Waals surface area contributed by atoms with Gasteiger partial charge in [-0.15, -0.1) is 0 Å². The smallest absolute Gasteiger partial charge is 0.390 e. The molecule has 2 rings (SSSR count). The molecule has 0 atom stereocenters. The summed E-state index contributed by atoms with van der Waals surface area (Å²) in [6.07, 6.45) is 0. The Morgan fingerprint density at radius 2 is 1.25 bits per heavy atom. The van der Waals surface area contributed by atoms with Gasteiger partial charge in [0.25, 0.3) is 25.8 Å². The molecule has 114 valence electrons.